The highest BCUT2D eigenvalue weighted by atomic mass is 19.1. The Hall–Kier alpha value is -4.64. The van der Waals surface area contributed by atoms with Gasteiger partial charge in [-0.05, 0) is 82.1 Å². The predicted octanol–water partition coefficient (Wildman–Crippen LogP) is 5.32. The maximum Gasteiger partial charge on any atom is 0.407 e. The van der Waals surface area contributed by atoms with Crippen LogP contribution in [0.15, 0.2) is 53.5 Å². The number of halogens is 1. The average Bonchev–Trinajstić information content (AvgIpc) is 3.69. The van der Waals surface area contributed by atoms with Gasteiger partial charge >= 0.3 is 6.09 Å². The smallest absolute Gasteiger partial charge is 0.407 e. The molecule has 4 heterocycles. The molecule has 1 aromatic heterocycles. The van der Waals surface area contributed by atoms with Crippen molar-refractivity contribution >= 4 is 39.4 Å². The van der Waals surface area contributed by atoms with Crippen molar-refractivity contribution in [2.24, 2.45) is 0 Å². The summed E-state index contributed by atoms with van der Waals surface area (Å²) >= 11 is 0. The SMILES string of the molecule is CC(C)(C)OC(=O)N[C@@H]1CCN(c2c(F)cc3c(=O)c(C(=O)NCCN4CCCC4)cn4c3c2Oc2cc3ccccc3cc2-4)C1. The van der Waals surface area contributed by atoms with Crippen molar-refractivity contribution in [3.63, 3.8) is 0 Å². The third-order valence-electron chi connectivity index (χ3n) is 8.85. The van der Waals surface area contributed by atoms with Crippen molar-refractivity contribution < 1.29 is 23.5 Å². The number of rotatable bonds is 6. The zero-order valence-corrected chi connectivity index (χ0v) is 26.3. The van der Waals surface area contributed by atoms with Gasteiger partial charge in [0.15, 0.2) is 17.3 Å². The molecule has 11 heteroatoms. The Balaban J connectivity index is 1.29. The summed E-state index contributed by atoms with van der Waals surface area (Å²) in [7, 11) is 0. The molecule has 46 heavy (non-hydrogen) atoms. The van der Waals surface area contributed by atoms with Crippen LogP contribution in [0.25, 0.3) is 27.4 Å². The maximum atomic E-state index is 16.2. The number of carbonyl (C=O) groups excluding carboxylic acids is 2. The fourth-order valence-corrected chi connectivity index (χ4v) is 6.73. The zero-order chi connectivity index (χ0) is 32.2. The van der Waals surface area contributed by atoms with Crippen LogP contribution in [-0.4, -0.2) is 72.4 Å². The summed E-state index contributed by atoms with van der Waals surface area (Å²) in [6.07, 6.45) is 3.88. The van der Waals surface area contributed by atoms with Crippen molar-refractivity contribution in [2.75, 3.05) is 44.2 Å². The van der Waals surface area contributed by atoms with E-state index in [9.17, 15) is 14.4 Å². The number of alkyl carbamates (subject to hydrolysis) is 1. The van der Waals surface area contributed by atoms with Crippen molar-refractivity contribution in [1.82, 2.24) is 20.1 Å². The summed E-state index contributed by atoms with van der Waals surface area (Å²) in [5.41, 5.74) is -0.0237. The number of likely N-dealkylation sites (tertiary alicyclic amines) is 1. The van der Waals surface area contributed by atoms with Crippen LogP contribution in [0.3, 0.4) is 0 Å². The van der Waals surface area contributed by atoms with Crippen molar-refractivity contribution in [3.8, 4) is 17.2 Å². The second-order valence-corrected chi connectivity index (χ2v) is 13.3. The van der Waals surface area contributed by atoms with Crippen molar-refractivity contribution in [2.45, 2.75) is 51.7 Å². The van der Waals surface area contributed by atoms with Crippen LogP contribution in [0.4, 0.5) is 14.9 Å². The largest absolute Gasteiger partial charge is 0.451 e. The summed E-state index contributed by atoms with van der Waals surface area (Å²) < 4.78 is 29.9. The summed E-state index contributed by atoms with van der Waals surface area (Å²) in [6.45, 7) is 9.28. The Kier molecular flexibility index (Phi) is 7.59. The molecular formula is C35H38FN5O5. The molecule has 3 aliphatic rings. The highest BCUT2D eigenvalue weighted by Gasteiger charge is 2.34. The van der Waals surface area contributed by atoms with Gasteiger partial charge in [-0.2, -0.15) is 0 Å². The van der Waals surface area contributed by atoms with Crippen LogP contribution in [-0.2, 0) is 4.74 Å². The van der Waals surface area contributed by atoms with Crippen LogP contribution < -0.4 is 25.7 Å². The molecule has 2 N–H and O–H groups in total. The average molecular weight is 628 g/mol. The molecule has 0 spiro atoms. The minimum Gasteiger partial charge on any atom is -0.451 e. The molecule has 0 saturated carbocycles. The Labute approximate surface area is 266 Å². The molecule has 3 aliphatic heterocycles. The number of hydrogen-bond acceptors (Lipinski definition) is 7. The van der Waals surface area contributed by atoms with Gasteiger partial charge in [0.25, 0.3) is 5.91 Å². The van der Waals surface area contributed by atoms with Crippen LogP contribution in [0, 0.1) is 5.82 Å². The second kappa shape index (κ2) is 11.6. The predicted molar refractivity (Wildman–Crippen MR) is 175 cm³/mol. The Morgan fingerprint density at radius 1 is 1.07 bits per heavy atom. The first kappa shape index (κ1) is 30.0. The molecule has 4 aromatic rings. The maximum absolute atomic E-state index is 16.2. The monoisotopic (exact) mass is 627 g/mol. The number of nitrogens with one attached hydrogen (secondary N) is 2. The van der Waals surface area contributed by atoms with Gasteiger partial charge in [-0.25, -0.2) is 9.18 Å². The molecule has 2 fully saturated rings. The van der Waals surface area contributed by atoms with Crippen molar-refractivity contribution in [1.29, 1.82) is 0 Å². The van der Waals surface area contributed by atoms with Gasteiger partial charge in [0.05, 0.1) is 17.1 Å². The fourth-order valence-electron chi connectivity index (χ4n) is 6.73. The third kappa shape index (κ3) is 5.64. The molecule has 2 amide bonds. The van der Waals surface area contributed by atoms with Gasteiger partial charge in [0.1, 0.15) is 22.4 Å². The van der Waals surface area contributed by atoms with E-state index >= 15 is 4.39 Å². The zero-order valence-electron chi connectivity index (χ0n) is 26.3. The molecule has 3 aromatic carbocycles. The number of pyridine rings is 1. The molecule has 2 saturated heterocycles. The van der Waals surface area contributed by atoms with E-state index in [0.29, 0.717) is 49.6 Å². The highest BCUT2D eigenvalue weighted by molar-refractivity contribution is 6.02. The van der Waals surface area contributed by atoms with Gasteiger partial charge in [0, 0.05) is 32.4 Å². The van der Waals surface area contributed by atoms with Crippen LogP contribution in [0.2, 0.25) is 0 Å². The number of hydrogen-bond donors (Lipinski definition) is 2. The van der Waals surface area contributed by atoms with E-state index in [2.05, 4.69) is 15.5 Å². The number of anilines is 1. The number of ether oxygens (including phenoxy) is 2. The Bertz CT molecular complexity index is 1930. The molecule has 0 aliphatic carbocycles. The number of fused-ring (bicyclic) bond motifs is 3. The topological polar surface area (TPSA) is 105 Å². The lowest BCUT2D eigenvalue weighted by Crippen LogP contribution is -2.40. The molecule has 0 radical (unpaired) electrons. The van der Waals surface area contributed by atoms with E-state index in [1.165, 1.54) is 6.07 Å². The van der Waals surface area contributed by atoms with Gasteiger partial charge in [-0.15, -0.1) is 0 Å². The van der Waals surface area contributed by atoms with Crippen LogP contribution >= 0.6 is 0 Å². The normalized spacial score (nSPS) is 17.7. The first-order valence-electron chi connectivity index (χ1n) is 15.9. The summed E-state index contributed by atoms with van der Waals surface area (Å²) in [5, 5.41) is 7.73. The first-order valence-corrected chi connectivity index (χ1v) is 15.9. The quantitative estimate of drug-likeness (QED) is 0.263. The molecule has 10 nitrogen and oxygen atoms in total. The fraction of sp³-hybridized carbons (Fsp3) is 0.400. The summed E-state index contributed by atoms with van der Waals surface area (Å²) in [4.78, 5) is 43.8. The lowest BCUT2D eigenvalue weighted by Gasteiger charge is -2.29. The van der Waals surface area contributed by atoms with E-state index < -0.39 is 28.8 Å². The Morgan fingerprint density at radius 2 is 1.80 bits per heavy atom. The lowest BCUT2D eigenvalue weighted by atomic mass is 10.0. The minimum absolute atomic E-state index is 0.0594. The lowest BCUT2D eigenvalue weighted by molar-refractivity contribution is 0.0508. The van der Waals surface area contributed by atoms with Gasteiger partial charge in [-0.3, -0.25) is 9.59 Å². The standard InChI is InChI=1S/C35H38FN5O5/c1-35(2,3)46-34(44)38-23-10-14-40(19-23)30-26(36)18-24-29-32(30)45-28-17-22-9-5-4-8-21(22)16-27(28)41(29)20-25(31(24)42)33(43)37-11-15-39-12-6-7-13-39/h4-5,8-9,16-18,20,23H,6-7,10-15,19H2,1-3H3,(H,37,43)(H,38,44)/t23-/m1/s1. The van der Waals surface area contributed by atoms with Gasteiger partial charge in [-0.1, -0.05) is 24.3 Å². The van der Waals surface area contributed by atoms with E-state index in [-0.39, 0.29) is 28.4 Å². The summed E-state index contributed by atoms with van der Waals surface area (Å²) in [6, 6.07) is 12.6. The molecule has 0 unspecified atom stereocenters. The minimum atomic E-state index is -0.643. The third-order valence-corrected chi connectivity index (χ3v) is 8.85. The van der Waals surface area contributed by atoms with E-state index in [1.807, 2.05) is 41.3 Å². The number of benzene rings is 3. The first-order chi connectivity index (χ1) is 22.1. The molecule has 0 bridgehead atoms. The van der Waals surface area contributed by atoms with Crippen molar-refractivity contribution in [3.05, 3.63) is 70.3 Å². The number of carbonyl (C=O) groups is 2. The second-order valence-electron chi connectivity index (χ2n) is 13.3. The molecule has 7 rings (SSSR count). The van der Waals surface area contributed by atoms with Gasteiger partial charge in [0.2, 0.25) is 5.43 Å². The Morgan fingerprint density at radius 3 is 2.54 bits per heavy atom. The number of nitrogens with zero attached hydrogens (tertiary/aromatic N) is 3. The molecule has 240 valence electrons. The molecular weight excluding hydrogens is 589 g/mol. The molecule has 1 atom stereocenters. The van der Waals surface area contributed by atoms with Crippen LogP contribution in [0.1, 0.15) is 50.4 Å². The van der Waals surface area contributed by atoms with E-state index in [1.54, 1.807) is 31.5 Å². The highest BCUT2D eigenvalue weighted by Crippen LogP contribution is 2.48. The van der Waals surface area contributed by atoms with E-state index in [0.717, 1.165) is 36.7 Å². The van der Waals surface area contributed by atoms with Gasteiger partial charge < -0.3 is 34.5 Å². The van der Waals surface area contributed by atoms with Crippen LogP contribution in [0.5, 0.6) is 11.5 Å². The van der Waals surface area contributed by atoms with E-state index in [4.69, 9.17) is 9.47 Å². The summed E-state index contributed by atoms with van der Waals surface area (Å²) in [5.74, 6) is -0.454. The number of aromatic nitrogens is 1. The number of amides is 2.